The van der Waals surface area contributed by atoms with Crippen LogP contribution in [0, 0.1) is 0 Å². The number of aryl methyl sites for hydroxylation is 1. The van der Waals surface area contributed by atoms with Gasteiger partial charge in [0, 0.05) is 32.0 Å². The molecule has 0 spiro atoms. The summed E-state index contributed by atoms with van der Waals surface area (Å²) in [6, 6.07) is 25.7. The summed E-state index contributed by atoms with van der Waals surface area (Å²) in [6.45, 7) is 0.869. The lowest BCUT2D eigenvalue weighted by Gasteiger charge is -2.32. The largest absolute Gasteiger partial charge is 0.354 e. The van der Waals surface area contributed by atoms with E-state index in [9.17, 15) is 18.0 Å². The van der Waals surface area contributed by atoms with Crippen LogP contribution >= 0.6 is 0 Å². The highest BCUT2D eigenvalue weighted by Gasteiger charge is 2.31. The summed E-state index contributed by atoms with van der Waals surface area (Å²) >= 11 is 0. The van der Waals surface area contributed by atoms with Crippen LogP contribution in [0.15, 0.2) is 101 Å². The molecule has 8 heteroatoms. The number of carbonyl (C=O) groups excluding carboxylic acids is 2. The summed E-state index contributed by atoms with van der Waals surface area (Å²) in [4.78, 5) is 29.7. The molecule has 1 atom stereocenters. The van der Waals surface area contributed by atoms with Crippen molar-refractivity contribution >= 4 is 21.8 Å². The summed E-state index contributed by atoms with van der Waals surface area (Å²) in [5.41, 5.74) is 4.21. The van der Waals surface area contributed by atoms with Gasteiger partial charge < -0.3 is 10.2 Å². The van der Waals surface area contributed by atoms with Gasteiger partial charge in [0.2, 0.25) is 21.8 Å². The van der Waals surface area contributed by atoms with Crippen LogP contribution in [0.1, 0.15) is 68.1 Å². The van der Waals surface area contributed by atoms with Crippen molar-refractivity contribution in [2.75, 3.05) is 6.54 Å². The first-order valence-corrected chi connectivity index (χ1v) is 17.3. The van der Waals surface area contributed by atoms with Gasteiger partial charge in [-0.15, -0.1) is 0 Å². The number of allylic oxidation sites excluding steroid dienone is 1. The fourth-order valence-electron chi connectivity index (χ4n) is 5.65. The van der Waals surface area contributed by atoms with Crippen molar-refractivity contribution in [1.29, 1.82) is 0 Å². The molecule has 44 heavy (non-hydrogen) atoms. The molecule has 0 saturated heterocycles. The van der Waals surface area contributed by atoms with Crippen LogP contribution in [-0.4, -0.2) is 43.8 Å². The van der Waals surface area contributed by atoms with Crippen LogP contribution in [0.25, 0.3) is 0 Å². The lowest BCUT2D eigenvalue weighted by atomic mass is 9.97. The maximum Gasteiger partial charge on any atom is 0.243 e. The van der Waals surface area contributed by atoms with Crippen molar-refractivity contribution in [1.82, 2.24) is 14.9 Å². The highest BCUT2D eigenvalue weighted by molar-refractivity contribution is 7.89. The predicted octanol–water partition coefficient (Wildman–Crippen LogP) is 5.71. The van der Waals surface area contributed by atoms with Gasteiger partial charge in [0.25, 0.3) is 0 Å². The molecule has 2 N–H and O–H groups in total. The fourth-order valence-corrected chi connectivity index (χ4v) is 6.95. The molecule has 3 aromatic carbocycles. The highest BCUT2D eigenvalue weighted by atomic mass is 32.2. The molecule has 2 aliphatic rings. The van der Waals surface area contributed by atoms with E-state index in [0.717, 1.165) is 48.8 Å². The van der Waals surface area contributed by atoms with E-state index in [1.165, 1.54) is 18.4 Å². The number of nitrogens with zero attached hydrogens (tertiary/aromatic N) is 1. The van der Waals surface area contributed by atoms with Crippen molar-refractivity contribution in [2.45, 2.75) is 87.7 Å². The molecule has 0 unspecified atom stereocenters. The Labute approximate surface area is 261 Å². The molecule has 5 rings (SSSR count). The molecular formula is C36H43N3O4S. The van der Waals surface area contributed by atoms with Gasteiger partial charge >= 0.3 is 0 Å². The molecule has 3 aromatic rings. The lowest BCUT2D eigenvalue weighted by molar-refractivity contribution is -0.141. The van der Waals surface area contributed by atoms with Crippen LogP contribution in [0.5, 0.6) is 0 Å². The number of amides is 2. The van der Waals surface area contributed by atoms with Gasteiger partial charge in [0.15, 0.2) is 0 Å². The number of sulfonamides is 1. The van der Waals surface area contributed by atoms with Crippen molar-refractivity contribution < 1.29 is 18.0 Å². The first-order chi connectivity index (χ1) is 21.4. The number of benzene rings is 3. The fraction of sp³-hybridized carbons (Fsp3) is 0.389. The van der Waals surface area contributed by atoms with Crippen LogP contribution in [-0.2, 0) is 39.0 Å². The van der Waals surface area contributed by atoms with Crippen LogP contribution in [0.3, 0.4) is 0 Å². The summed E-state index contributed by atoms with van der Waals surface area (Å²) < 4.78 is 27.8. The number of nitrogens with one attached hydrogen (secondary N) is 2. The van der Waals surface area contributed by atoms with Crippen LogP contribution in [0.4, 0.5) is 0 Å². The molecule has 2 aliphatic carbocycles. The molecule has 232 valence electrons. The molecule has 1 saturated carbocycles. The number of hydrogen-bond donors (Lipinski definition) is 2. The van der Waals surface area contributed by atoms with Gasteiger partial charge in [0.1, 0.15) is 6.04 Å². The summed E-state index contributed by atoms with van der Waals surface area (Å²) in [6.07, 6.45) is 10.6. The first-order valence-electron chi connectivity index (χ1n) is 15.8. The monoisotopic (exact) mass is 613 g/mol. The van der Waals surface area contributed by atoms with Crippen LogP contribution < -0.4 is 10.0 Å². The Bertz CT molecular complexity index is 1520. The third-order valence-electron chi connectivity index (χ3n) is 8.36. The van der Waals surface area contributed by atoms with Crippen molar-refractivity contribution in [3.63, 3.8) is 0 Å². The van der Waals surface area contributed by atoms with Gasteiger partial charge in [-0.1, -0.05) is 84.4 Å². The zero-order chi connectivity index (χ0) is 30.8. The van der Waals surface area contributed by atoms with Gasteiger partial charge in [-0.05, 0) is 80.2 Å². The molecule has 0 heterocycles. The third kappa shape index (κ3) is 9.37. The second-order valence-corrected chi connectivity index (χ2v) is 13.6. The average Bonchev–Trinajstić information content (AvgIpc) is 3.86. The maximum absolute atomic E-state index is 14.0. The number of hydrogen-bond acceptors (Lipinski definition) is 4. The Hall–Kier alpha value is -3.75. The maximum atomic E-state index is 14.0. The van der Waals surface area contributed by atoms with Gasteiger partial charge in [-0.3, -0.25) is 9.59 Å². The summed E-state index contributed by atoms with van der Waals surface area (Å²) in [7, 11) is -3.53. The van der Waals surface area contributed by atoms with Gasteiger partial charge in [-0.25, -0.2) is 13.1 Å². The SMILES string of the molecule is O=C(NCCC1=CCCCC1)[C@H](Cc1ccccc1)N(Cc1ccccc1)C(=O)CCc1ccc(S(=O)(=O)NC2CC2)cc1. The minimum absolute atomic E-state index is 0.0401. The Morgan fingerprint density at radius 2 is 1.50 bits per heavy atom. The topological polar surface area (TPSA) is 95.6 Å². The molecule has 0 radical (unpaired) electrons. The van der Waals surface area contributed by atoms with E-state index in [4.69, 9.17) is 0 Å². The molecule has 2 amide bonds. The Morgan fingerprint density at radius 1 is 0.818 bits per heavy atom. The van der Waals surface area contributed by atoms with E-state index < -0.39 is 16.1 Å². The number of carbonyl (C=O) groups is 2. The second-order valence-electron chi connectivity index (χ2n) is 11.9. The molecule has 0 aromatic heterocycles. The van der Waals surface area contributed by atoms with E-state index in [-0.39, 0.29) is 29.2 Å². The predicted molar refractivity (Wildman–Crippen MR) is 173 cm³/mol. The smallest absolute Gasteiger partial charge is 0.243 e. The molecule has 7 nitrogen and oxygen atoms in total. The molecule has 1 fully saturated rings. The lowest BCUT2D eigenvalue weighted by Crippen LogP contribution is -2.50. The van der Waals surface area contributed by atoms with E-state index in [1.807, 2.05) is 60.7 Å². The quantitative estimate of drug-likeness (QED) is 0.215. The van der Waals surface area contributed by atoms with E-state index in [1.54, 1.807) is 29.2 Å². The first kappa shape index (κ1) is 31.7. The zero-order valence-corrected chi connectivity index (χ0v) is 26.1. The zero-order valence-electron chi connectivity index (χ0n) is 25.3. The highest BCUT2D eigenvalue weighted by Crippen LogP contribution is 2.23. The summed E-state index contributed by atoms with van der Waals surface area (Å²) in [5, 5.41) is 3.15. The minimum Gasteiger partial charge on any atom is -0.354 e. The third-order valence-corrected chi connectivity index (χ3v) is 9.89. The standard InChI is InChI=1S/C36H43N3O4S/c40-35(23-18-29-16-21-33(22-17-29)44(42,43)38-32-19-20-32)39(27-31-14-8-3-9-15-31)34(26-30-12-6-2-7-13-30)36(41)37-25-24-28-10-4-1-5-11-28/h2-3,6-10,12-17,21-22,32,34,38H,1,4-5,11,18-20,23-27H2,(H,37,41)/t34-/m0/s1. The van der Waals surface area contributed by atoms with Crippen LogP contribution in [0.2, 0.25) is 0 Å². The minimum atomic E-state index is -3.53. The van der Waals surface area contributed by atoms with E-state index in [0.29, 0.717) is 25.9 Å². The van der Waals surface area contributed by atoms with Crippen molar-refractivity contribution in [3.05, 3.63) is 113 Å². The number of rotatable bonds is 15. The normalized spacial score (nSPS) is 15.7. The van der Waals surface area contributed by atoms with Crippen molar-refractivity contribution in [3.8, 4) is 0 Å². The van der Waals surface area contributed by atoms with Gasteiger partial charge in [-0.2, -0.15) is 0 Å². The second kappa shape index (κ2) is 15.3. The van der Waals surface area contributed by atoms with E-state index >= 15 is 0 Å². The summed E-state index contributed by atoms with van der Waals surface area (Å²) in [5.74, 6) is -0.265. The molecule has 0 aliphatic heterocycles. The van der Waals surface area contributed by atoms with Gasteiger partial charge in [0.05, 0.1) is 4.90 Å². The Morgan fingerprint density at radius 3 is 2.14 bits per heavy atom. The molecule has 0 bridgehead atoms. The Kier molecular flexibility index (Phi) is 11.0. The molecular weight excluding hydrogens is 570 g/mol. The average molecular weight is 614 g/mol. The van der Waals surface area contributed by atoms with Crippen molar-refractivity contribution in [2.24, 2.45) is 0 Å². The Balaban J connectivity index is 1.31. The van der Waals surface area contributed by atoms with E-state index in [2.05, 4.69) is 16.1 Å².